The van der Waals surface area contributed by atoms with Gasteiger partial charge in [0.2, 0.25) is 0 Å². The van der Waals surface area contributed by atoms with Gasteiger partial charge < -0.3 is 30.1 Å². The predicted octanol–water partition coefficient (Wildman–Crippen LogP) is 5.59. The number of hydrogen-bond donors (Lipinski definition) is 2. The Morgan fingerprint density at radius 1 is 0.667 bits per heavy atom. The number of aldehydes is 1. The van der Waals surface area contributed by atoms with Gasteiger partial charge in [-0.1, -0.05) is 82.4 Å². The van der Waals surface area contributed by atoms with E-state index >= 15 is 0 Å². The second-order valence-corrected chi connectivity index (χ2v) is 21.5. The van der Waals surface area contributed by atoms with Crippen molar-refractivity contribution in [2.75, 3.05) is 19.8 Å². The summed E-state index contributed by atoms with van der Waals surface area (Å²) in [5.74, 6) is -0.471. The molecule has 0 amide bonds. The third-order valence-corrected chi connectivity index (χ3v) is 12.2. The highest BCUT2D eigenvalue weighted by Gasteiger charge is 2.45. The Hall–Kier alpha value is -3.91. The molecule has 340 valence electrons. The molecule has 0 saturated heterocycles. The highest BCUT2D eigenvalue weighted by Crippen LogP contribution is 2.50. The quantitative estimate of drug-likeness (QED) is 0.0969. The van der Waals surface area contributed by atoms with Gasteiger partial charge in [0.1, 0.15) is 19.7 Å². The van der Waals surface area contributed by atoms with Gasteiger partial charge in [-0.3, -0.25) is 0 Å². The average molecular weight is 844 g/mol. The topological polar surface area (TPSA) is 191 Å². The first kappa shape index (κ1) is 52.2. The van der Waals surface area contributed by atoms with E-state index in [4.69, 9.17) is 15.3 Å². The largest absolute Gasteiger partial charge is 0.462 e. The number of nitrogens with zero attached hydrogens (tertiary/aromatic N) is 3. The third-order valence-electron chi connectivity index (χ3n) is 12.2. The van der Waals surface area contributed by atoms with Crippen LogP contribution in [0.1, 0.15) is 133 Å². The zero-order valence-electron chi connectivity index (χ0n) is 38.5. The summed E-state index contributed by atoms with van der Waals surface area (Å²) in [5.41, 5.74) is 4.04. The van der Waals surface area contributed by atoms with Crippen molar-refractivity contribution < 1.29 is 28.7 Å². The summed E-state index contributed by atoms with van der Waals surface area (Å²) < 4.78 is 13.8. The van der Waals surface area contributed by atoms with Gasteiger partial charge in [0.05, 0.1) is 6.61 Å². The summed E-state index contributed by atoms with van der Waals surface area (Å²) in [5, 5.41) is 3.55. The van der Waals surface area contributed by atoms with Gasteiger partial charge >= 0.3 is 29.0 Å². The Morgan fingerprint density at radius 2 is 1.07 bits per heavy atom. The van der Waals surface area contributed by atoms with Crippen molar-refractivity contribution >= 4 is 25.0 Å². The van der Waals surface area contributed by atoms with E-state index in [0.717, 1.165) is 63.5 Å². The molecule has 3 fully saturated rings. The van der Waals surface area contributed by atoms with Gasteiger partial charge in [0, 0.05) is 56.8 Å². The SMILES string of the molecule is C=CC(=O)OCCC=O.C=CC(=O)OCCNC1CC(C)(C)CC(C)(Cn2c(=O)n(CC3(C)CC(C)CC(C)(C)C3)c(=O)n(CC3(C)CC(N)CC(C)(C)C3)c2=O)C1.C=O. The Kier molecular flexibility index (Phi) is 18.5. The van der Waals surface area contributed by atoms with Crippen LogP contribution in [0.3, 0.4) is 0 Å². The molecule has 1 heterocycles. The van der Waals surface area contributed by atoms with Gasteiger partial charge in [-0.25, -0.2) is 37.7 Å². The normalized spacial score (nSPS) is 28.9. The number of nitrogens with one attached hydrogen (secondary N) is 1. The molecule has 14 nitrogen and oxygen atoms in total. The van der Waals surface area contributed by atoms with Gasteiger partial charge in [0.25, 0.3) is 0 Å². The van der Waals surface area contributed by atoms with Crippen LogP contribution < -0.4 is 28.1 Å². The minimum atomic E-state index is -0.516. The molecule has 3 N–H and O–H groups in total. The van der Waals surface area contributed by atoms with E-state index in [-0.39, 0.29) is 78.4 Å². The van der Waals surface area contributed by atoms with Crippen molar-refractivity contribution in [2.45, 2.75) is 165 Å². The van der Waals surface area contributed by atoms with Crippen molar-refractivity contribution in [1.82, 2.24) is 19.0 Å². The number of carbonyl (C=O) groups excluding carboxylic acids is 4. The summed E-state index contributed by atoms with van der Waals surface area (Å²) in [6, 6.07) is 0.0883. The molecule has 1 aromatic heterocycles. The number of rotatable bonds is 15. The van der Waals surface area contributed by atoms with E-state index in [2.05, 4.69) is 92.4 Å². The van der Waals surface area contributed by atoms with E-state index in [1.165, 1.54) is 13.7 Å². The summed E-state index contributed by atoms with van der Waals surface area (Å²) in [6.07, 6.45) is 11.0. The first-order valence-corrected chi connectivity index (χ1v) is 21.4. The first-order chi connectivity index (χ1) is 27.7. The lowest BCUT2D eigenvalue weighted by Gasteiger charge is -2.47. The standard InChI is InChI=1S/C39H67N5O5.C6H8O3.CH2O/c1-12-30(45)49-14-13-41-29-19-36(7,8)23-39(11,20-29)26-44-32(47)42(24-37(9)16-27(2)15-34(3,4)21-37)31(46)43(33(44)48)25-38(10)18-28(40)17-35(5,6)22-38;1-2-6(8)9-5-3-4-7;1-2/h12,27-29,41H,1,13-26,40H2,2-11H3;2,4H,1,3,5H2;1H2. The van der Waals surface area contributed by atoms with Crippen LogP contribution in [0, 0.1) is 38.4 Å². The van der Waals surface area contributed by atoms with Gasteiger partial charge in [-0.05, 0) is 96.2 Å². The monoisotopic (exact) mass is 844 g/mol. The van der Waals surface area contributed by atoms with Crippen LogP contribution in [-0.4, -0.2) is 70.6 Å². The van der Waals surface area contributed by atoms with Crippen molar-refractivity contribution in [3.05, 3.63) is 56.8 Å². The fourth-order valence-electron chi connectivity index (χ4n) is 12.0. The number of esters is 2. The highest BCUT2D eigenvalue weighted by molar-refractivity contribution is 5.81. The summed E-state index contributed by atoms with van der Waals surface area (Å²) in [4.78, 5) is 82.9. The lowest BCUT2D eigenvalue weighted by Crippen LogP contribution is -2.59. The predicted molar refractivity (Wildman–Crippen MR) is 235 cm³/mol. The molecule has 6 unspecified atom stereocenters. The number of nitrogens with two attached hydrogens (primary N) is 1. The number of carbonyl (C=O) groups is 4. The van der Waals surface area contributed by atoms with Crippen LogP contribution in [-0.2, 0) is 48.3 Å². The third kappa shape index (κ3) is 15.5. The van der Waals surface area contributed by atoms with E-state index in [1.807, 2.05) is 6.79 Å². The first-order valence-electron chi connectivity index (χ1n) is 21.4. The van der Waals surface area contributed by atoms with Crippen LogP contribution in [0.5, 0.6) is 0 Å². The maximum absolute atomic E-state index is 14.5. The van der Waals surface area contributed by atoms with Gasteiger partial charge in [0.15, 0.2) is 0 Å². The lowest BCUT2D eigenvalue weighted by atomic mass is 9.61. The Bertz CT molecular complexity index is 1770. The fourth-order valence-corrected chi connectivity index (χ4v) is 12.0. The molecular weight excluding hydrogens is 767 g/mol. The molecule has 0 aromatic carbocycles. The van der Waals surface area contributed by atoms with Crippen LogP contribution >= 0.6 is 0 Å². The van der Waals surface area contributed by atoms with Gasteiger partial charge in [-0.15, -0.1) is 0 Å². The molecule has 0 aliphatic heterocycles. The molecule has 4 rings (SSSR count). The Balaban J connectivity index is 0.000000997. The van der Waals surface area contributed by atoms with E-state index in [1.54, 1.807) is 0 Å². The molecule has 6 atom stereocenters. The maximum Gasteiger partial charge on any atom is 0.336 e. The molecule has 1 aromatic rings. The zero-order chi connectivity index (χ0) is 45.9. The number of aromatic nitrogens is 3. The summed E-state index contributed by atoms with van der Waals surface area (Å²) in [7, 11) is 0. The molecule has 14 heteroatoms. The van der Waals surface area contributed by atoms with E-state index in [0.29, 0.717) is 25.2 Å². The van der Waals surface area contributed by atoms with Crippen LogP contribution in [0.4, 0.5) is 0 Å². The van der Waals surface area contributed by atoms with Crippen molar-refractivity contribution in [3.63, 3.8) is 0 Å². The second-order valence-electron chi connectivity index (χ2n) is 21.5. The maximum atomic E-state index is 14.5. The Morgan fingerprint density at radius 3 is 1.48 bits per heavy atom. The second kappa shape index (κ2) is 21.3. The molecule has 0 spiro atoms. The zero-order valence-corrected chi connectivity index (χ0v) is 38.5. The van der Waals surface area contributed by atoms with Crippen LogP contribution in [0.25, 0.3) is 0 Å². The highest BCUT2D eigenvalue weighted by atomic mass is 16.5. The molecule has 60 heavy (non-hydrogen) atoms. The number of hydrogen-bond acceptors (Lipinski definition) is 11. The number of ether oxygens (including phenoxy) is 2. The fraction of sp³-hybridized carbons (Fsp3) is 0.761. The van der Waals surface area contributed by atoms with E-state index in [9.17, 15) is 28.8 Å². The van der Waals surface area contributed by atoms with Crippen molar-refractivity contribution in [2.24, 2.45) is 44.1 Å². The van der Waals surface area contributed by atoms with Crippen molar-refractivity contribution in [1.29, 1.82) is 0 Å². The smallest absolute Gasteiger partial charge is 0.336 e. The minimum Gasteiger partial charge on any atom is -0.462 e. The van der Waals surface area contributed by atoms with Crippen molar-refractivity contribution in [3.8, 4) is 0 Å². The summed E-state index contributed by atoms with van der Waals surface area (Å²) in [6.45, 7) is 32.4. The molecule has 3 saturated carbocycles. The average Bonchev–Trinajstić information content (AvgIpc) is 3.10. The molecular formula is C46H77N5O9. The molecule has 0 bridgehead atoms. The van der Waals surface area contributed by atoms with Gasteiger partial charge in [-0.2, -0.15) is 0 Å². The molecule has 3 aliphatic rings. The minimum absolute atomic E-state index is 0.0180. The van der Waals surface area contributed by atoms with Crippen LogP contribution in [0.2, 0.25) is 0 Å². The van der Waals surface area contributed by atoms with E-state index < -0.39 is 34.4 Å². The molecule has 3 aliphatic carbocycles. The summed E-state index contributed by atoms with van der Waals surface area (Å²) >= 11 is 0. The lowest BCUT2D eigenvalue weighted by molar-refractivity contribution is -0.138. The molecule has 0 radical (unpaired) electrons. The van der Waals surface area contributed by atoms with Crippen LogP contribution in [0.15, 0.2) is 39.7 Å². The Labute approximate surface area is 357 Å².